The summed E-state index contributed by atoms with van der Waals surface area (Å²) in [5.41, 5.74) is 8.22. The van der Waals surface area contributed by atoms with Gasteiger partial charge in [-0.3, -0.25) is 9.71 Å². The third-order valence-electron chi connectivity index (χ3n) is 3.03. The molecule has 0 fully saturated rings. The zero-order chi connectivity index (χ0) is 15.6. The predicted molar refractivity (Wildman–Crippen MR) is 86.6 cm³/mol. The van der Waals surface area contributed by atoms with E-state index in [0.29, 0.717) is 11.3 Å². The number of aryl methyl sites for hydroxylation is 1. The van der Waals surface area contributed by atoms with Gasteiger partial charge in [0, 0.05) is 22.9 Å². The zero-order valence-electron chi connectivity index (χ0n) is 11.7. The second-order valence-corrected chi connectivity index (χ2v) is 7.20. The van der Waals surface area contributed by atoms with Crippen LogP contribution in [0.3, 0.4) is 0 Å². The number of sulfonamides is 1. The van der Waals surface area contributed by atoms with Gasteiger partial charge in [0.05, 0.1) is 10.6 Å². The molecule has 0 spiro atoms. The summed E-state index contributed by atoms with van der Waals surface area (Å²) in [5.74, 6) is 0. The van der Waals surface area contributed by atoms with Crippen molar-refractivity contribution in [3.8, 4) is 0 Å². The summed E-state index contributed by atoms with van der Waals surface area (Å²) in [4.78, 5) is 4.26. The summed E-state index contributed by atoms with van der Waals surface area (Å²) < 4.78 is 28.4. The summed E-state index contributed by atoms with van der Waals surface area (Å²) in [6, 6.07) is 6.71. The highest BCUT2D eigenvalue weighted by Crippen LogP contribution is 2.27. The molecule has 7 heteroatoms. The lowest BCUT2D eigenvalue weighted by atomic mass is 10.1. The van der Waals surface area contributed by atoms with Crippen LogP contribution in [0.2, 0.25) is 0 Å². The Bertz CT molecular complexity index is 776. The van der Waals surface area contributed by atoms with Crippen LogP contribution in [0.1, 0.15) is 16.8 Å². The first-order valence-corrected chi connectivity index (χ1v) is 8.55. The van der Waals surface area contributed by atoms with E-state index in [4.69, 9.17) is 5.73 Å². The average molecular weight is 370 g/mol. The number of nitrogens with two attached hydrogens (primary N) is 1. The Balaban J connectivity index is 2.47. The van der Waals surface area contributed by atoms with Gasteiger partial charge in [-0.25, -0.2) is 8.42 Å². The summed E-state index contributed by atoms with van der Waals surface area (Å²) >= 11 is 3.37. The highest BCUT2D eigenvalue weighted by molar-refractivity contribution is 9.10. The molecule has 1 aromatic carbocycles. The number of aromatic nitrogens is 1. The monoisotopic (exact) mass is 369 g/mol. The van der Waals surface area contributed by atoms with E-state index in [2.05, 4.69) is 25.6 Å². The van der Waals surface area contributed by atoms with Crippen LogP contribution >= 0.6 is 15.9 Å². The van der Waals surface area contributed by atoms with Crippen LogP contribution in [-0.2, 0) is 16.6 Å². The number of anilines is 1. The maximum Gasteiger partial charge on any atom is 0.262 e. The van der Waals surface area contributed by atoms with Crippen molar-refractivity contribution in [1.29, 1.82) is 0 Å². The molecule has 112 valence electrons. The van der Waals surface area contributed by atoms with Crippen LogP contribution in [0.25, 0.3) is 0 Å². The predicted octanol–water partition coefficient (Wildman–Crippen LogP) is 2.72. The van der Waals surface area contributed by atoms with E-state index in [9.17, 15) is 8.42 Å². The molecule has 2 rings (SSSR count). The molecular formula is C14H16BrN3O2S. The molecule has 0 aliphatic rings. The number of hydrogen-bond donors (Lipinski definition) is 2. The molecule has 0 saturated heterocycles. The fourth-order valence-electron chi connectivity index (χ4n) is 1.92. The van der Waals surface area contributed by atoms with Crippen molar-refractivity contribution < 1.29 is 8.42 Å². The first-order valence-electron chi connectivity index (χ1n) is 6.28. The molecule has 0 atom stereocenters. The average Bonchev–Trinajstić information content (AvgIpc) is 2.41. The number of rotatable bonds is 4. The van der Waals surface area contributed by atoms with Crippen molar-refractivity contribution in [1.82, 2.24) is 4.98 Å². The van der Waals surface area contributed by atoms with Crippen molar-refractivity contribution in [2.75, 3.05) is 4.72 Å². The second-order valence-electron chi connectivity index (χ2n) is 4.70. The van der Waals surface area contributed by atoms with Crippen LogP contribution in [0.4, 0.5) is 5.69 Å². The minimum atomic E-state index is -3.68. The highest BCUT2D eigenvalue weighted by atomic mass is 79.9. The van der Waals surface area contributed by atoms with Gasteiger partial charge in [-0.15, -0.1) is 0 Å². The maximum absolute atomic E-state index is 12.6. The fraction of sp³-hybridized carbons (Fsp3) is 0.214. The Hall–Kier alpha value is -1.44. The van der Waals surface area contributed by atoms with Gasteiger partial charge in [0.1, 0.15) is 0 Å². The lowest BCUT2D eigenvalue weighted by molar-refractivity contribution is 0.600. The number of nitrogens with one attached hydrogen (secondary N) is 1. The standard InChI is InChI=1S/C14H16BrN3O2S/c1-9-5-12(3-4-17-9)18-21(19,20)14-7-11(8-16)6-13(15)10(14)2/h3-7H,8,16H2,1-2H3,(H,17,18). The van der Waals surface area contributed by atoms with E-state index in [0.717, 1.165) is 15.7 Å². The van der Waals surface area contributed by atoms with E-state index in [1.807, 2.05) is 6.07 Å². The van der Waals surface area contributed by atoms with Crippen molar-refractivity contribution in [2.24, 2.45) is 5.73 Å². The van der Waals surface area contributed by atoms with E-state index >= 15 is 0 Å². The fourth-order valence-corrected chi connectivity index (χ4v) is 3.93. The lowest BCUT2D eigenvalue weighted by Crippen LogP contribution is -2.15. The SMILES string of the molecule is Cc1cc(NS(=O)(=O)c2cc(CN)cc(Br)c2C)ccn1. The van der Waals surface area contributed by atoms with Gasteiger partial charge in [0.15, 0.2) is 0 Å². The molecule has 0 aliphatic heterocycles. The summed E-state index contributed by atoms with van der Waals surface area (Å²) in [6.45, 7) is 3.82. The van der Waals surface area contributed by atoms with Gasteiger partial charge >= 0.3 is 0 Å². The Kier molecular flexibility index (Phi) is 4.65. The molecule has 0 amide bonds. The van der Waals surface area contributed by atoms with Crippen molar-refractivity contribution in [3.05, 3.63) is 51.8 Å². The zero-order valence-corrected chi connectivity index (χ0v) is 14.1. The van der Waals surface area contributed by atoms with Gasteiger partial charge < -0.3 is 5.73 Å². The van der Waals surface area contributed by atoms with E-state index < -0.39 is 10.0 Å². The molecule has 1 heterocycles. The first kappa shape index (κ1) is 15.9. The molecule has 2 aromatic rings. The van der Waals surface area contributed by atoms with Crippen LogP contribution in [-0.4, -0.2) is 13.4 Å². The Labute approximate surface area is 132 Å². The smallest absolute Gasteiger partial charge is 0.262 e. The largest absolute Gasteiger partial charge is 0.326 e. The van der Waals surface area contributed by atoms with Gasteiger partial charge in [0.25, 0.3) is 10.0 Å². The third-order valence-corrected chi connectivity index (χ3v) is 5.36. The van der Waals surface area contributed by atoms with E-state index in [1.165, 1.54) is 0 Å². The Morgan fingerprint density at radius 3 is 2.62 bits per heavy atom. The molecule has 5 nitrogen and oxygen atoms in total. The quantitative estimate of drug-likeness (QED) is 0.867. The van der Waals surface area contributed by atoms with Crippen molar-refractivity contribution in [2.45, 2.75) is 25.3 Å². The number of nitrogens with zero attached hydrogens (tertiary/aromatic N) is 1. The Morgan fingerprint density at radius 1 is 1.29 bits per heavy atom. The topological polar surface area (TPSA) is 85.1 Å². The van der Waals surface area contributed by atoms with Crippen molar-refractivity contribution >= 4 is 31.6 Å². The number of benzene rings is 1. The second kappa shape index (κ2) is 6.13. The summed E-state index contributed by atoms with van der Waals surface area (Å²) in [7, 11) is -3.68. The van der Waals surface area contributed by atoms with Crippen LogP contribution in [0, 0.1) is 13.8 Å². The molecule has 3 N–H and O–H groups in total. The summed E-state index contributed by atoms with van der Waals surface area (Å²) in [6.07, 6.45) is 1.56. The van der Waals surface area contributed by atoms with Gasteiger partial charge in [0.2, 0.25) is 0 Å². The first-order chi connectivity index (χ1) is 9.83. The van der Waals surface area contributed by atoms with Crippen LogP contribution in [0.15, 0.2) is 39.8 Å². The Morgan fingerprint density at radius 2 is 2.00 bits per heavy atom. The van der Waals surface area contributed by atoms with E-state index in [1.54, 1.807) is 38.2 Å². The number of hydrogen-bond acceptors (Lipinski definition) is 4. The molecule has 0 unspecified atom stereocenters. The van der Waals surface area contributed by atoms with Crippen LogP contribution in [0.5, 0.6) is 0 Å². The van der Waals surface area contributed by atoms with Gasteiger partial charge in [-0.05, 0) is 49.2 Å². The molecule has 1 aromatic heterocycles. The molecule has 0 bridgehead atoms. The van der Waals surface area contributed by atoms with E-state index in [-0.39, 0.29) is 11.4 Å². The molecule has 21 heavy (non-hydrogen) atoms. The van der Waals surface area contributed by atoms with Crippen LogP contribution < -0.4 is 10.5 Å². The number of halogens is 1. The number of pyridine rings is 1. The third kappa shape index (κ3) is 3.61. The van der Waals surface area contributed by atoms with Gasteiger partial charge in [-0.2, -0.15) is 0 Å². The normalized spacial score (nSPS) is 11.4. The summed E-state index contributed by atoms with van der Waals surface area (Å²) in [5, 5.41) is 0. The minimum Gasteiger partial charge on any atom is -0.326 e. The molecular weight excluding hydrogens is 354 g/mol. The molecule has 0 radical (unpaired) electrons. The maximum atomic E-state index is 12.6. The molecule has 0 saturated carbocycles. The highest BCUT2D eigenvalue weighted by Gasteiger charge is 2.19. The van der Waals surface area contributed by atoms with Gasteiger partial charge in [-0.1, -0.05) is 15.9 Å². The lowest BCUT2D eigenvalue weighted by Gasteiger charge is -2.13. The minimum absolute atomic E-state index is 0.215. The van der Waals surface area contributed by atoms with Crippen molar-refractivity contribution in [3.63, 3.8) is 0 Å². The molecule has 0 aliphatic carbocycles.